The van der Waals surface area contributed by atoms with Crippen molar-refractivity contribution in [2.75, 3.05) is 38.0 Å². The van der Waals surface area contributed by atoms with Gasteiger partial charge in [0.2, 0.25) is 11.0 Å². The van der Waals surface area contributed by atoms with Gasteiger partial charge in [0.05, 0.1) is 0 Å². The molecule has 2 fully saturated rings. The average Bonchev–Trinajstić information content (AvgIpc) is 3.26. The Morgan fingerprint density at radius 2 is 2.03 bits per heavy atom. The van der Waals surface area contributed by atoms with Gasteiger partial charge in [-0.05, 0) is 63.2 Å². The molecular formula is C23H34N6OS. The minimum absolute atomic E-state index is 0.288. The fourth-order valence-corrected chi connectivity index (χ4v) is 5.13. The van der Waals surface area contributed by atoms with E-state index >= 15 is 0 Å². The van der Waals surface area contributed by atoms with E-state index in [1.807, 2.05) is 12.1 Å². The molecule has 4 rings (SSSR count). The van der Waals surface area contributed by atoms with Crippen LogP contribution in [0.5, 0.6) is 0 Å². The van der Waals surface area contributed by atoms with Crippen LogP contribution < -0.4 is 5.32 Å². The molecule has 2 aromatic rings. The number of hydrogen-bond donors (Lipinski definition) is 1. The quantitative estimate of drug-likeness (QED) is 0.697. The van der Waals surface area contributed by atoms with Gasteiger partial charge in [-0.2, -0.15) is 0 Å². The molecule has 2 saturated heterocycles. The van der Waals surface area contributed by atoms with E-state index in [0.717, 1.165) is 79.6 Å². The second-order valence-corrected chi connectivity index (χ2v) is 9.94. The van der Waals surface area contributed by atoms with Crippen LogP contribution in [-0.4, -0.2) is 63.6 Å². The maximum atomic E-state index is 12.9. The first-order valence-corrected chi connectivity index (χ1v) is 12.5. The molecule has 2 aliphatic heterocycles. The number of hydrogen-bond acceptors (Lipinski definition) is 7. The van der Waals surface area contributed by atoms with Crippen LogP contribution in [0.3, 0.4) is 0 Å². The van der Waals surface area contributed by atoms with Gasteiger partial charge >= 0.3 is 0 Å². The topological polar surface area (TPSA) is 74.2 Å². The minimum atomic E-state index is 0.288. The first kappa shape index (κ1) is 22.1. The van der Waals surface area contributed by atoms with E-state index in [1.54, 1.807) is 11.3 Å². The zero-order valence-electron chi connectivity index (χ0n) is 18.7. The number of aryl methyl sites for hydroxylation is 1. The fourth-order valence-electron chi connectivity index (χ4n) is 4.45. The van der Waals surface area contributed by atoms with Crippen molar-refractivity contribution in [2.24, 2.45) is 5.92 Å². The highest BCUT2D eigenvalue weighted by Gasteiger charge is 2.26. The molecule has 0 radical (unpaired) electrons. The maximum Gasteiger partial charge on any atom is 0.223 e. The normalized spacial score (nSPS) is 20.7. The third-order valence-corrected chi connectivity index (χ3v) is 7.47. The lowest BCUT2D eigenvalue weighted by atomic mass is 9.94. The molecule has 8 heteroatoms. The Labute approximate surface area is 189 Å². The highest BCUT2D eigenvalue weighted by atomic mass is 32.1. The zero-order chi connectivity index (χ0) is 21.6. The third kappa shape index (κ3) is 6.01. The molecule has 2 aliphatic rings. The largest absolute Gasteiger partial charge is 0.342 e. The van der Waals surface area contributed by atoms with Gasteiger partial charge < -0.3 is 15.1 Å². The number of carbonyl (C=O) groups is 1. The molecule has 0 bridgehead atoms. The van der Waals surface area contributed by atoms with Crippen LogP contribution in [-0.2, 0) is 11.2 Å². The molecule has 7 nitrogen and oxygen atoms in total. The first-order valence-electron chi connectivity index (χ1n) is 11.7. The summed E-state index contributed by atoms with van der Waals surface area (Å²) in [5.74, 6) is 2.20. The number of nitrogens with zero attached hydrogens (tertiary/aromatic N) is 5. The van der Waals surface area contributed by atoms with Gasteiger partial charge in [-0.3, -0.25) is 4.79 Å². The summed E-state index contributed by atoms with van der Waals surface area (Å²) in [6, 6.07) is 6.07. The number of carbonyl (C=O) groups excluding carboxylic acids is 1. The highest BCUT2D eigenvalue weighted by Crippen LogP contribution is 2.28. The number of nitrogens with one attached hydrogen (secondary N) is 1. The molecule has 4 heterocycles. The average molecular weight is 443 g/mol. The van der Waals surface area contributed by atoms with Crippen molar-refractivity contribution in [3.63, 3.8) is 0 Å². The van der Waals surface area contributed by atoms with Gasteiger partial charge in [-0.1, -0.05) is 31.3 Å². The smallest absolute Gasteiger partial charge is 0.223 e. The summed E-state index contributed by atoms with van der Waals surface area (Å²) in [5.41, 5.74) is 1.05. The molecule has 1 amide bonds. The molecular weight excluding hydrogens is 408 g/mol. The van der Waals surface area contributed by atoms with Gasteiger partial charge in [-0.25, -0.2) is 4.98 Å². The number of amides is 1. The number of aromatic nitrogens is 3. The summed E-state index contributed by atoms with van der Waals surface area (Å²) in [7, 11) is 0. The van der Waals surface area contributed by atoms with Crippen LogP contribution in [0.2, 0.25) is 0 Å². The predicted molar refractivity (Wildman–Crippen MR) is 125 cm³/mol. The summed E-state index contributed by atoms with van der Waals surface area (Å²) >= 11 is 1.56. The number of rotatable bonds is 7. The third-order valence-electron chi connectivity index (χ3n) is 6.49. The molecule has 0 unspecified atom stereocenters. The molecule has 1 N–H and O–H groups in total. The summed E-state index contributed by atoms with van der Waals surface area (Å²) in [6.07, 6.45) is 6.14. The summed E-state index contributed by atoms with van der Waals surface area (Å²) in [6.45, 7) is 9.20. The van der Waals surface area contributed by atoms with Crippen molar-refractivity contribution in [1.82, 2.24) is 25.0 Å². The molecule has 0 saturated carbocycles. The lowest BCUT2D eigenvalue weighted by molar-refractivity contribution is -0.132. The van der Waals surface area contributed by atoms with E-state index in [2.05, 4.69) is 45.2 Å². The molecule has 0 aliphatic carbocycles. The highest BCUT2D eigenvalue weighted by molar-refractivity contribution is 7.15. The van der Waals surface area contributed by atoms with Crippen LogP contribution in [0, 0.1) is 5.92 Å². The van der Waals surface area contributed by atoms with Crippen LogP contribution in [0.1, 0.15) is 62.6 Å². The molecule has 168 valence electrons. The summed E-state index contributed by atoms with van der Waals surface area (Å²) in [4.78, 5) is 22.2. The number of piperidine rings is 2. The van der Waals surface area contributed by atoms with Crippen LogP contribution >= 0.6 is 11.3 Å². The van der Waals surface area contributed by atoms with Gasteiger partial charge in [0.15, 0.2) is 0 Å². The van der Waals surface area contributed by atoms with Crippen molar-refractivity contribution in [2.45, 2.75) is 58.3 Å². The van der Waals surface area contributed by atoms with Gasteiger partial charge in [0, 0.05) is 37.7 Å². The van der Waals surface area contributed by atoms with Crippen molar-refractivity contribution in [1.29, 1.82) is 0 Å². The lowest BCUT2D eigenvalue weighted by Crippen LogP contribution is -2.41. The number of anilines is 2. The Kier molecular flexibility index (Phi) is 7.50. The van der Waals surface area contributed by atoms with Gasteiger partial charge in [-0.15, -0.1) is 10.2 Å². The number of pyridine rings is 1. The Morgan fingerprint density at radius 1 is 1.19 bits per heavy atom. The summed E-state index contributed by atoms with van der Waals surface area (Å²) in [5, 5.41) is 13.4. The van der Waals surface area contributed by atoms with Crippen LogP contribution in [0.15, 0.2) is 18.2 Å². The van der Waals surface area contributed by atoms with Crippen LogP contribution in [0.4, 0.5) is 10.9 Å². The monoisotopic (exact) mass is 442 g/mol. The Bertz CT molecular complexity index is 863. The lowest BCUT2D eigenvalue weighted by Gasteiger charge is -2.34. The van der Waals surface area contributed by atoms with Gasteiger partial charge in [0.25, 0.3) is 0 Å². The predicted octanol–water partition coefficient (Wildman–Crippen LogP) is 4.07. The van der Waals surface area contributed by atoms with E-state index in [4.69, 9.17) is 4.98 Å². The Balaban J connectivity index is 1.32. The fraction of sp³-hybridized carbons (Fsp3) is 0.652. The molecule has 31 heavy (non-hydrogen) atoms. The van der Waals surface area contributed by atoms with E-state index in [0.29, 0.717) is 12.3 Å². The standard InChI is InChI=1S/C23H34N6OS/c1-3-21-26-27-23(31-21)25-20-8-4-7-19(24-20)18-6-5-12-29(16-18)22(30)11-15-28-13-9-17(2)10-14-28/h4,7-8,17-18H,3,5-6,9-16H2,1-2H3,(H,24,25,27)/t18-/m0/s1. The Morgan fingerprint density at radius 3 is 2.81 bits per heavy atom. The van der Waals surface area contributed by atoms with E-state index in [-0.39, 0.29) is 5.92 Å². The van der Waals surface area contributed by atoms with Crippen molar-refractivity contribution in [3.8, 4) is 0 Å². The first-order chi connectivity index (χ1) is 15.1. The molecule has 0 spiro atoms. The second kappa shape index (κ2) is 10.5. The van der Waals surface area contributed by atoms with Crippen LogP contribution in [0.25, 0.3) is 0 Å². The van der Waals surface area contributed by atoms with Crippen molar-refractivity contribution < 1.29 is 4.79 Å². The van der Waals surface area contributed by atoms with Crippen molar-refractivity contribution >= 4 is 28.2 Å². The Hall–Kier alpha value is -2.06. The molecule has 0 aromatic carbocycles. The minimum Gasteiger partial charge on any atom is -0.342 e. The van der Waals surface area contributed by atoms with E-state index in [9.17, 15) is 4.79 Å². The maximum absolute atomic E-state index is 12.9. The SMILES string of the molecule is CCc1nnc(Nc2cccc([C@H]3CCCN(C(=O)CCN4CCC(C)CC4)C3)n2)s1. The van der Waals surface area contributed by atoms with E-state index in [1.165, 1.54) is 12.8 Å². The molecule has 1 atom stereocenters. The van der Waals surface area contributed by atoms with Gasteiger partial charge in [0.1, 0.15) is 10.8 Å². The number of likely N-dealkylation sites (tertiary alicyclic amines) is 2. The van der Waals surface area contributed by atoms with Crippen molar-refractivity contribution in [3.05, 3.63) is 28.9 Å². The van der Waals surface area contributed by atoms with E-state index < -0.39 is 0 Å². The zero-order valence-corrected chi connectivity index (χ0v) is 19.5. The summed E-state index contributed by atoms with van der Waals surface area (Å²) < 4.78 is 0. The molecule has 2 aromatic heterocycles. The second-order valence-electron chi connectivity index (χ2n) is 8.88.